The highest BCUT2D eigenvalue weighted by Crippen LogP contribution is 2.30. The molecule has 0 atom stereocenters. The Morgan fingerprint density at radius 1 is 1.12 bits per heavy atom. The van der Waals surface area contributed by atoms with Gasteiger partial charge in [0.15, 0.2) is 6.61 Å². The molecule has 0 saturated heterocycles. The third-order valence-electron chi connectivity index (χ3n) is 3.71. The molecule has 132 valence electrons. The number of nitro benzene ring substituents is 1. The minimum absolute atomic E-state index is 0.00805. The monoisotopic (exact) mass is 362 g/mol. The standard InChI is InChI=1S/C18H19ClN2O4/c1-10-5-13(4)18(15(19)6-10)25-9-16(22)20-17-11(2)7-14(21(23)24)8-12(17)3/h5-8H,9H2,1-4H3,(H,20,22). The van der Waals surface area contributed by atoms with Crippen molar-refractivity contribution < 1.29 is 14.5 Å². The summed E-state index contributed by atoms with van der Waals surface area (Å²) in [4.78, 5) is 22.6. The molecule has 1 N–H and O–H groups in total. The quantitative estimate of drug-likeness (QED) is 0.627. The number of nitro groups is 1. The van der Waals surface area contributed by atoms with E-state index in [9.17, 15) is 14.9 Å². The molecule has 0 aliphatic carbocycles. The van der Waals surface area contributed by atoms with Crippen molar-refractivity contribution in [2.45, 2.75) is 27.7 Å². The van der Waals surface area contributed by atoms with E-state index in [-0.39, 0.29) is 18.2 Å². The average Bonchev–Trinajstić information content (AvgIpc) is 2.49. The van der Waals surface area contributed by atoms with Crippen molar-refractivity contribution >= 4 is 28.9 Å². The lowest BCUT2D eigenvalue weighted by Crippen LogP contribution is -2.21. The van der Waals surface area contributed by atoms with Gasteiger partial charge in [-0.05, 0) is 56.0 Å². The number of anilines is 1. The molecule has 0 aliphatic heterocycles. The van der Waals surface area contributed by atoms with Gasteiger partial charge in [0, 0.05) is 17.8 Å². The number of aryl methyl sites for hydroxylation is 4. The fourth-order valence-corrected chi connectivity index (χ4v) is 3.02. The first kappa shape index (κ1) is 18.7. The first-order valence-electron chi connectivity index (χ1n) is 7.64. The van der Waals surface area contributed by atoms with Crippen LogP contribution >= 0.6 is 11.6 Å². The largest absolute Gasteiger partial charge is 0.482 e. The number of nitrogens with zero attached hydrogens (tertiary/aromatic N) is 1. The summed E-state index contributed by atoms with van der Waals surface area (Å²) in [7, 11) is 0. The Morgan fingerprint density at radius 2 is 1.72 bits per heavy atom. The van der Waals surface area contributed by atoms with E-state index >= 15 is 0 Å². The van der Waals surface area contributed by atoms with Crippen molar-refractivity contribution in [3.63, 3.8) is 0 Å². The van der Waals surface area contributed by atoms with Gasteiger partial charge in [0.2, 0.25) is 0 Å². The number of rotatable bonds is 5. The van der Waals surface area contributed by atoms with Gasteiger partial charge in [-0.15, -0.1) is 0 Å². The maximum atomic E-state index is 12.2. The fourth-order valence-electron chi connectivity index (χ4n) is 2.64. The lowest BCUT2D eigenvalue weighted by molar-refractivity contribution is -0.384. The molecule has 0 aromatic heterocycles. The van der Waals surface area contributed by atoms with Gasteiger partial charge in [-0.1, -0.05) is 17.7 Å². The second kappa shape index (κ2) is 7.53. The second-order valence-electron chi connectivity index (χ2n) is 5.94. The van der Waals surface area contributed by atoms with Crippen molar-refractivity contribution in [2.24, 2.45) is 0 Å². The Bertz CT molecular complexity index is 803. The van der Waals surface area contributed by atoms with Crippen molar-refractivity contribution in [1.82, 2.24) is 0 Å². The van der Waals surface area contributed by atoms with Crippen LogP contribution in [0.25, 0.3) is 0 Å². The van der Waals surface area contributed by atoms with E-state index in [4.69, 9.17) is 16.3 Å². The van der Waals surface area contributed by atoms with Crippen LogP contribution in [0.1, 0.15) is 22.3 Å². The van der Waals surface area contributed by atoms with E-state index in [1.165, 1.54) is 12.1 Å². The highest BCUT2D eigenvalue weighted by atomic mass is 35.5. The van der Waals surface area contributed by atoms with E-state index in [2.05, 4.69) is 5.32 Å². The number of amides is 1. The normalized spacial score (nSPS) is 10.4. The molecule has 2 aromatic rings. The Morgan fingerprint density at radius 3 is 2.24 bits per heavy atom. The van der Waals surface area contributed by atoms with Gasteiger partial charge in [-0.25, -0.2) is 0 Å². The molecule has 0 radical (unpaired) electrons. The minimum atomic E-state index is -0.461. The van der Waals surface area contributed by atoms with Crippen LogP contribution in [0.15, 0.2) is 24.3 Å². The van der Waals surface area contributed by atoms with Crippen LogP contribution in [-0.4, -0.2) is 17.4 Å². The molecule has 0 bridgehead atoms. The summed E-state index contributed by atoms with van der Waals surface area (Å²) in [6.45, 7) is 6.99. The molecule has 0 heterocycles. The summed E-state index contributed by atoms with van der Waals surface area (Å²) >= 11 is 6.16. The number of carbonyl (C=O) groups is 1. The van der Waals surface area contributed by atoms with Gasteiger partial charge in [0.1, 0.15) is 5.75 Å². The Labute approximate surface area is 150 Å². The molecule has 0 spiro atoms. The summed E-state index contributed by atoms with van der Waals surface area (Å²) in [6, 6.07) is 6.53. The first-order valence-corrected chi connectivity index (χ1v) is 8.02. The van der Waals surface area contributed by atoms with Crippen molar-refractivity contribution in [3.8, 4) is 5.75 Å². The number of nitrogens with one attached hydrogen (secondary N) is 1. The number of hydrogen-bond donors (Lipinski definition) is 1. The summed E-state index contributed by atoms with van der Waals surface area (Å²) in [5.41, 5.74) is 3.63. The molecule has 0 fully saturated rings. The number of benzene rings is 2. The van der Waals surface area contributed by atoms with Crippen molar-refractivity contribution in [1.29, 1.82) is 0 Å². The Balaban J connectivity index is 2.10. The van der Waals surface area contributed by atoms with Gasteiger partial charge in [-0.3, -0.25) is 14.9 Å². The lowest BCUT2D eigenvalue weighted by atomic mass is 10.1. The summed E-state index contributed by atoms with van der Waals surface area (Å²) in [5.74, 6) is 0.107. The molecular formula is C18H19ClN2O4. The second-order valence-corrected chi connectivity index (χ2v) is 6.35. The number of carbonyl (C=O) groups excluding carboxylic acids is 1. The smallest absolute Gasteiger partial charge is 0.270 e. The topological polar surface area (TPSA) is 81.5 Å². The van der Waals surface area contributed by atoms with Crippen LogP contribution in [0.3, 0.4) is 0 Å². The molecule has 25 heavy (non-hydrogen) atoms. The van der Waals surface area contributed by atoms with Crippen LogP contribution < -0.4 is 10.1 Å². The molecule has 2 aromatic carbocycles. The third kappa shape index (κ3) is 4.48. The first-order chi connectivity index (χ1) is 11.7. The molecule has 0 aliphatic rings. The fraction of sp³-hybridized carbons (Fsp3) is 0.278. The molecule has 0 unspecified atom stereocenters. The molecular weight excluding hydrogens is 344 g/mol. The summed E-state index contributed by atoms with van der Waals surface area (Å²) in [6.07, 6.45) is 0. The minimum Gasteiger partial charge on any atom is -0.482 e. The SMILES string of the molecule is Cc1cc(C)c(OCC(=O)Nc2c(C)cc([N+](=O)[O-])cc2C)c(Cl)c1. The number of non-ortho nitro benzene ring substituents is 1. The van der Waals surface area contributed by atoms with Crippen LogP contribution in [0.5, 0.6) is 5.75 Å². The molecule has 6 nitrogen and oxygen atoms in total. The Hall–Kier alpha value is -2.60. The summed E-state index contributed by atoms with van der Waals surface area (Å²) in [5, 5.41) is 14.1. The van der Waals surface area contributed by atoms with Gasteiger partial charge in [-0.2, -0.15) is 0 Å². The lowest BCUT2D eigenvalue weighted by Gasteiger charge is -2.14. The van der Waals surface area contributed by atoms with Crippen LogP contribution in [-0.2, 0) is 4.79 Å². The zero-order chi connectivity index (χ0) is 18.7. The molecule has 0 saturated carbocycles. The van der Waals surface area contributed by atoms with E-state index in [0.717, 1.165) is 11.1 Å². The van der Waals surface area contributed by atoms with Gasteiger partial charge >= 0.3 is 0 Å². The maximum absolute atomic E-state index is 12.2. The van der Waals surface area contributed by atoms with Crippen LogP contribution in [0.2, 0.25) is 5.02 Å². The Kier molecular flexibility index (Phi) is 5.64. The molecule has 2 rings (SSSR count). The maximum Gasteiger partial charge on any atom is 0.270 e. The van der Waals surface area contributed by atoms with E-state index in [1.54, 1.807) is 19.9 Å². The predicted octanol–water partition coefficient (Wildman–Crippen LogP) is 4.50. The number of ether oxygens (including phenoxy) is 1. The van der Waals surface area contributed by atoms with Crippen molar-refractivity contribution in [2.75, 3.05) is 11.9 Å². The van der Waals surface area contributed by atoms with E-state index in [1.807, 2.05) is 19.9 Å². The van der Waals surface area contributed by atoms with Gasteiger partial charge in [0.05, 0.1) is 9.95 Å². The van der Waals surface area contributed by atoms with Crippen molar-refractivity contribution in [3.05, 3.63) is 61.7 Å². The zero-order valence-electron chi connectivity index (χ0n) is 14.5. The van der Waals surface area contributed by atoms with Gasteiger partial charge in [0.25, 0.3) is 11.6 Å². The highest BCUT2D eigenvalue weighted by molar-refractivity contribution is 6.32. The zero-order valence-corrected chi connectivity index (χ0v) is 15.2. The van der Waals surface area contributed by atoms with Crippen LogP contribution in [0, 0.1) is 37.8 Å². The number of halogens is 1. The van der Waals surface area contributed by atoms with Crippen LogP contribution in [0.4, 0.5) is 11.4 Å². The third-order valence-corrected chi connectivity index (χ3v) is 3.99. The highest BCUT2D eigenvalue weighted by Gasteiger charge is 2.15. The molecule has 1 amide bonds. The van der Waals surface area contributed by atoms with E-state index in [0.29, 0.717) is 27.6 Å². The molecule has 7 heteroatoms. The average molecular weight is 363 g/mol. The van der Waals surface area contributed by atoms with Gasteiger partial charge < -0.3 is 10.1 Å². The predicted molar refractivity (Wildman–Crippen MR) is 97.6 cm³/mol. The summed E-state index contributed by atoms with van der Waals surface area (Å²) < 4.78 is 5.55. The van der Waals surface area contributed by atoms with E-state index < -0.39 is 4.92 Å². The number of hydrogen-bond acceptors (Lipinski definition) is 4.